The zero-order chi connectivity index (χ0) is 17.3. The Kier molecular flexibility index (Phi) is 5.01. The van der Waals surface area contributed by atoms with E-state index in [0.717, 1.165) is 45.1 Å². The van der Waals surface area contributed by atoms with Gasteiger partial charge in [0.05, 0.1) is 12.2 Å². The quantitative estimate of drug-likeness (QED) is 0.840. The zero-order valence-corrected chi connectivity index (χ0v) is 14.1. The Morgan fingerprint density at radius 3 is 2.71 bits per heavy atom. The molecule has 2 atom stereocenters. The van der Waals surface area contributed by atoms with E-state index in [-0.39, 0.29) is 0 Å². The van der Waals surface area contributed by atoms with Gasteiger partial charge in [0.2, 0.25) is 0 Å². The molecule has 0 saturated carbocycles. The number of nitrogens with zero attached hydrogens (tertiary/aromatic N) is 3. The lowest BCUT2D eigenvalue weighted by Crippen LogP contribution is -2.45. The van der Waals surface area contributed by atoms with Crippen LogP contribution in [-0.2, 0) is 10.9 Å². The Hall–Kier alpha value is -1.34. The number of piperidine rings is 1. The molecule has 134 valence electrons. The monoisotopic (exact) mass is 343 g/mol. The lowest BCUT2D eigenvalue weighted by Gasteiger charge is -2.35. The first-order valence-electron chi connectivity index (χ1n) is 8.40. The number of halogens is 3. The van der Waals surface area contributed by atoms with Crippen molar-refractivity contribution in [2.24, 2.45) is 5.92 Å². The molecular formula is C17H24F3N3O. The Labute approximate surface area is 140 Å². The minimum Gasteiger partial charge on any atom is -0.383 e. The van der Waals surface area contributed by atoms with Gasteiger partial charge in [-0.05, 0) is 37.8 Å². The smallest absolute Gasteiger partial charge is 0.383 e. The fourth-order valence-corrected chi connectivity index (χ4v) is 3.83. The van der Waals surface area contributed by atoms with E-state index in [2.05, 4.69) is 9.88 Å². The van der Waals surface area contributed by atoms with Gasteiger partial charge in [-0.2, -0.15) is 13.2 Å². The van der Waals surface area contributed by atoms with Crippen molar-refractivity contribution in [3.8, 4) is 0 Å². The van der Waals surface area contributed by atoms with E-state index in [1.165, 1.54) is 6.07 Å². The zero-order valence-electron chi connectivity index (χ0n) is 14.1. The van der Waals surface area contributed by atoms with Crippen molar-refractivity contribution >= 4 is 5.82 Å². The van der Waals surface area contributed by atoms with Gasteiger partial charge in [-0.3, -0.25) is 4.90 Å². The van der Waals surface area contributed by atoms with Gasteiger partial charge >= 0.3 is 6.18 Å². The van der Waals surface area contributed by atoms with Crippen molar-refractivity contribution in [1.29, 1.82) is 0 Å². The van der Waals surface area contributed by atoms with E-state index >= 15 is 0 Å². The number of ether oxygens (including phenoxy) is 1. The third-order valence-corrected chi connectivity index (χ3v) is 5.00. The highest BCUT2D eigenvalue weighted by Gasteiger charge is 2.36. The van der Waals surface area contributed by atoms with Gasteiger partial charge in [-0.1, -0.05) is 0 Å². The largest absolute Gasteiger partial charge is 0.416 e. The van der Waals surface area contributed by atoms with E-state index in [0.29, 0.717) is 30.1 Å². The van der Waals surface area contributed by atoms with E-state index in [4.69, 9.17) is 4.74 Å². The highest BCUT2D eigenvalue weighted by atomic mass is 19.4. The van der Waals surface area contributed by atoms with Crippen LogP contribution in [0.1, 0.15) is 24.1 Å². The molecule has 0 unspecified atom stereocenters. The number of aromatic nitrogens is 1. The molecule has 3 saturated heterocycles. The number of methoxy groups -OCH3 is 1. The van der Waals surface area contributed by atoms with Crippen LogP contribution >= 0.6 is 0 Å². The second-order valence-corrected chi connectivity index (χ2v) is 6.84. The summed E-state index contributed by atoms with van der Waals surface area (Å²) >= 11 is 0. The predicted octanol–water partition coefficient (Wildman–Crippen LogP) is 2.96. The number of pyridine rings is 1. The second kappa shape index (κ2) is 6.88. The van der Waals surface area contributed by atoms with Gasteiger partial charge in [0.1, 0.15) is 5.82 Å². The van der Waals surface area contributed by atoms with Gasteiger partial charge in [0.15, 0.2) is 0 Å². The normalized spacial score (nSPS) is 25.1. The van der Waals surface area contributed by atoms with Crippen LogP contribution < -0.4 is 4.90 Å². The summed E-state index contributed by atoms with van der Waals surface area (Å²) in [6.07, 6.45) is -2.12. The third kappa shape index (κ3) is 3.83. The molecule has 2 bridgehead atoms. The van der Waals surface area contributed by atoms with Crippen molar-refractivity contribution in [2.75, 3.05) is 44.8 Å². The van der Waals surface area contributed by atoms with E-state index in [9.17, 15) is 13.2 Å². The average molecular weight is 343 g/mol. The van der Waals surface area contributed by atoms with Crippen LogP contribution in [0.3, 0.4) is 0 Å². The van der Waals surface area contributed by atoms with Crippen LogP contribution in [-0.4, -0.2) is 55.8 Å². The lowest BCUT2D eigenvalue weighted by molar-refractivity contribution is -0.137. The number of rotatable bonds is 4. The van der Waals surface area contributed by atoms with Crippen molar-refractivity contribution in [3.05, 3.63) is 23.4 Å². The molecule has 0 aliphatic carbocycles. The molecule has 24 heavy (non-hydrogen) atoms. The standard InChI is InChI=1S/C17H24F3N3O/c1-12-7-14(17(18,19)20)8-16(21-12)23-10-13-3-4-15(11-23)22(9-13)5-6-24-2/h7-8,13,15H,3-6,9-11H2,1-2H3/t13-,15-/m0/s1. The first-order valence-corrected chi connectivity index (χ1v) is 8.40. The molecule has 1 aromatic heterocycles. The second-order valence-electron chi connectivity index (χ2n) is 6.84. The first kappa shape index (κ1) is 17.5. The highest BCUT2D eigenvalue weighted by molar-refractivity contribution is 5.44. The lowest BCUT2D eigenvalue weighted by atomic mass is 9.95. The summed E-state index contributed by atoms with van der Waals surface area (Å²) in [5, 5.41) is 0. The SMILES string of the molecule is COCCN1C[C@@H]2CC[C@H]1CN(c1cc(C(F)(F)F)cc(C)n1)C2. The maximum atomic E-state index is 13.1. The molecule has 3 fully saturated rings. The van der Waals surface area contributed by atoms with E-state index in [1.807, 2.05) is 4.90 Å². The van der Waals surface area contributed by atoms with Gasteiger partial charge in [0.25, 0.3) is 0 Å². The van der Waals surface area contributed by atoms with Gasteiger partial charge in [-0.25, -0.2) is 4.98 Å². The Morgan fingerprint density at radius 2 is 2.00 bits per heavy atom. The van der Waals surface area contributed by atoms with Gasteiger partial charge in [-0.15, -0.1) is 0 Å². The minimum atomic E-state index is -4.34. The number of aryl methyl sites for hydroxylation is 1. The molecule has 0 aromatic carbocycles. The molecule has 3 aliphatic heterocycles. The summed E-state index contributed by atoms with van der Waals surface area (Å²) in [7, 11) is 1.69. The fourth-order valence-electron chi connectivity index (χ4n) is 3.83. The topological polar surface area (TPSA) is 28.6 Å². The molecule has 4 rings (SSSR count). The summed E-state index contributed by atoms with van der Waals surface area (Å²) in [5.41, 5.74) is -0.203. The van der Waals surface area contributed by atoms with Gasteiger partial charge < -0.3 is 9.64 Å². The Balaban J connectivity index is 1.82. The molecule has 0 radical (unpaired) electrons. The Morgan fingerprint density at radius 1 is 1.21 bits per heavy atom. The van der Waals surface area contributed by atoms with Crippen LogP contribution in [0.2, 0.25) is 0 Å². The number of anilines is 1. The summed E-state index contributed by atoms with van der Waals surface area (Å²) < 4.78 is 44.5. The molecule has 4 nitrogen and oxygen atoms in total. The molecule has 3 aliphatic rings. The molecule has 0 N–H and O–H groups in total. The Bertz CT molecular complexity index is 579. The molecule has 0 spiro atoms. The summed E-state index contributed by atoms with van der Waals surface area (Å²) in [6, 6.07) is 2.66. The average Bonchev–Trinajstić information content (AvgIpc) is 2.83. The van der Waals surface area contributed by atoms with Crippen LogP contribution in [0.4, 0.5) is 19.0 Å². The molecule has 1 aromatic rings. The van der Waals surface area contributed by atoms with E-state index in [1.54, 1.807) is 14.0 Å². The van der Waals surface area contributed by atoms with Gasteiger partial charge in [0, 0.05) is 45.0 Å². The van der Waals surface area contributed by atoms with Crippen LogP contribution in [0.15, 0.2) is 12.1 Å². The summed E-state index contributed by atoms with van der Waals surface area (Å²) in [4.78, 5) is 8.83. The molecule has 4 heterocycles. The van der Waals surface area contributed by atoms with Crippen molar-refractivity contribution in [2.45, 2.75) is 32.0 Å². The number of alkyl halides is 3. The summed E-state index contributed by atoms with van der Waals surface area (Å²) in [5.74, 6) is 0.921. The molecule has 0 amide bonds. The predicted molar refractivity (Wildman–Crippen MR) is 86.2 cm³/mol. The fraction of sp³-hybridized carbons (Fsp3) is 0.706. The van der Waals surface area contributed by atoms with E-state index < -0.39 is 11.7 Å². The number of fused-ring (bicyclic) bond motifs is 4. The van der Waals surface area contributed by atoms with Crippen molar-refractivity contribution < 1.29 is 17.9 Å². The number of hydrogen-bond acceptors (Lipinski definition) is 4. The highest BCUT2D eigenvalue weighted by Crippen LogP contribution is 2.34. The van der Waals surface area contributed by atoms with Crippen molar-refractivity contribution in [3.63, 3.8) is 0 Å². The molecular weight excluding hydrogens is 319 g/mol. The number of hydrogen-bond donors (Lipinski definition) is 0. The minimum absolute atomic E-state index is 0.357. The third-order valence-electron chi connectivity index (χ3n) is 5.00. The van der Waals surface area contributed by atoms with Crippen LogP contribution in [0.25, 0.3) is 0 Å². The maximum Gasteiger partial charge on any atom is 0.416 e. The van der Waals surface area contributed by atoms with Crippen LogP contribution in [0.5, 0.6) is 0 Å². The van der Waals surface area contributed by atoms with Crippen molar-refractivity contribution in [1.82, 2.24) is 9.88 Å². The molecule has 7 heteroatoms. The summed E-state index contributed by atoms with van der Waals surface area (Å²) in [6.45, 7) is 5.67. The van der Waals surface area contributed by atoms with Crippen LogP contribution in [0, 0.1) is 12.8 Å². The first-order chi connectivity index (χ1) is 11.4. The maximum absolute atomic E-state index is 13.1.